The minimum absolute atomic E-state index is 0.620. The Hall–Kier alpha value is -1.29. The Kier molecular flexibility index (Phi) is 3.35. The smallest absolute Gasteiger partial charge is 0.131 e. The van der Waals surface area contributed by atoms with Crippen molar-refractivity contribution in [1.82, 2.24) is 9.55 Å². The molecule has 100 valence electrons. The zero-order chi connectivity index (χ0) is 13.4. The van der Waals surface area contributed by atoms with E-state index in [0.717, 1.165) is 34.5 Å². The van der Waals surface area contributed by atoms with Crippen LogP contribution in [0.25, 0.3) is 11.3 Å². The summed E-state index contributed by atoms with van der Waals surface area (Å²) in [4.78, 5) is 4.82. The quantitative estimate of drug-likeness (QED) is 0.918. The molecule has 1 saturated carbocycles. The summed E-state index contributed by atoms with van der Waals surface area (Å²) in [5.74, 6) is 2.60. The molecule has 1 aromatic heterocycles. The minimum atomic E-state index is 0.620. The minimum Gasteiger partial charge on any atom is -0.383 e. The van der Waals surface area contributed by atoms with Gasteiger partial charge >= 0.3 is 0 Å². The Labute approximate surface area is 122 Å². The van der Waals surface area contributed by atoms with Crippen LogP contribution >= 0.6 is 15.9 Å². The average Bonchev–Trinajstić information content (AvgIpc) is 3.17. The molecular formula is C15H18BrN3. The molecule has 1 aliphatic rings. The van der Waals surface area contributed by atoms with Crippen LogP contribution in [-0.4, -0.2) is 9.55 Å². The van der Waals surface area contributed by atoms with E-state index in [1.165, 1.54) is 18.7 Å². The van der Waals surface area contributed by atoms with Crippen molar-refractivity contribution in [2.24, 2.45) is 0 Å². The predicted octanol–water partition coefficient (Wildman–Crippen LogP) is 4.18. The number of benzene rings is 1. The predicted molar refractivity (Wildman–Crippen MR) is 82.0 cm³/mol. The number of nitrogen functional groups attached to an aromatic ring is 1. The molecule has 19 heavy (non-hydrogen) atoms. The first-order valence-corrected chi connectivity index (χ1v) is 7.61. The number of rotatable bonds is 4. The zero-order valence-corrected chi connectivity index (χ0v) is 12.7. The molecule has 1 heterocycles. The summed E-state index contributed by atoms with van der Waals surface area (Å²) in [6, 6.07) is 8.18. The van der Waals surface area contributed by atoms with Crippen LogP contribution in [0.5, 0.6) is 0 Å². The summed E-state index contributed by atoms with van der Waals surface area (Å²) in [7, 11) is 0. The molecule has 1 aromatic carbocycles. The first-order chi connectivity index (χ1) is 9.20. The topological polar surface area (TPSA) is 43.8 Å². The molecule has 1 aliphatic carbocycles. The molecule has 2 N–H and O–H groups in total. The van der Waals surface area contributed by atoms with Gasteiger partial charge in [0.05, 0.1) is 0 Å². The van der Waals surface area contributed by atoms with Crippen molar-refractivity contribution in [2.45, 2.75) is 38.6 Å². The Morgan fingerprint density at radius 2 is 2.21 bits per heavy atom. The summed E-state index contributed by atoms with van der Waals surface area (Å²) < 4.78 is 3.26. The van der Waals surface area contributed by atoms with Crippen molar-refractivity contribution in [3.63, 3.8) is 0 Å². The molecule has 0 bridgehead atoms. The van der Waals surface area contributed by atoms with E-state index in [9.17, 15) is 0 Å². The maximum atomic E-state index is 6.32. The van der Waals surface area contributed by atoms with Gasteiger partial charge in [-0.15, -0.1) is 0 Å². The average molecular weight is 320 g/mol. The summed E-state index contributed by atoms with van der Waals surface area (Å²) in [6.45, 7) is 3.13. The Morgan fingerprint density at radius 1 is 1.42 bits per heavy atom. The first kappa shape index (κ1) is 12.7. The van der Waals surface area contributed by atoms with Crippen molar-refractivity contribution >= 4 is 21.7 Å². The van der Waals surface area contributed by atoms with Gasteiger partial charge in [-0.25, -0.2) is 4.98 Å². The second-order valence-corrected chi connectivity index (χ2v) is 6.06. The van der Waals surface area contributed by atoms with Gasteiger partial charge in [0.25, 0.3) is 0 Å². The van der Waals surface area contributed by atoms with Gasteiger partial charge in [0.1, 0.15) is 17.3 Å². The number of hydrogen-bond acceptors (Lipinski definition) is 2. The van der Waals surface area contributed by atoms with Gasteiger partial charge in [-0.3, -0.25) is 0 Å². The standard InChI is InChI=1S/C15H18BrN3/c1-2-8-19-14(17)13(18-15(19)10-6-7-10)11-4-3-5-12(16)9-11/h3-5,9-10H,2,6-8,17H2,1H3. The van der Waals surface area contributed by atoms with Crippen LogP contribution in [-0.2, 0) is 6.54 Å². The number of imidazole rings is 1. The van der Waals surface area contributed by atoms with E-state index in [4.69, 9.17) is 10.7 Å². The SMILES string of the molecule is CCCn1c(C2CC2)nc(-c2cccc(Br)c2)c1N. The molecule has 0 saturated heterocycles. The molecule has 0 amide bonds. The van der Waals surface area contributed by atoms with Crippen molar-refractivity contribution in [2.75, 3.05) is 5.73 Å². The molecule has 0 radical (unpaired) electrons. The number of nitrogens with two attached hydrogens (primary N) is 1. The van der Waals surface area contributed by atoms with E-state index in [0.29, 0.717) is 5.92 Å². The molecule has 3 rings (SSSR count). The molecule has 0 aliphatic heterocycles. The number of anilines is 1. The highest BCUT2D eigenvalue weighted by atomic mass is 79.9. The van der Waals surface area contributed by atoms with Crippen LogP contribution in [0.3, 0.4) is 0 Å². The zero-order valence-electron chi connectivity index (χ0n) is 11.1. The van der Waals surface area contributed by atoms with Crippen LogP contribution in [0, 0.1) is 0 Å². The highest BCUT2D eigenvalue weighted by molar-refractivity contribution is 9.10. The maximum Gasteiger partial charge on any atom is 0.131 e. The molecular weight excluding hydrogens is 302 g/mol. The maximum absolute atomic E-state index is 6.32. The van der Waals surface area contributed by atoms with Crippen LogP contribution in [0.15, 0.2) is 28.7 Å². The largest absolute Gasteiger partial charge is 0.383 e. The molecule has 0 unspecified atom stereocenters. The molecule has 3 nitrogen and oxygen atoms in total. The van der Waals surface area contributed by atoms with Crippen molar-refractivity contribution in [1.29, 1.82) is 0 Å². The Balaban J connectivity index is 2.08. The lowest BCUT2D eigenvalue weighted by Crippen LogP contribution is -2.06. The molecule has 2 aromatic rings. The van der Waals surface area contributed by atoms with E-state index in [-0.39, 0.29) is 0 Å². The van der Waals surface area contributed by atoms with Crippen molar-refractivity contribution in [3.8, 4) is 11.3 Å². The lowest BCUT2D eigenvalue weighted by molar-refractivity contribution is 0.646. The number of halogens is 1. The second-order valence-electron chi connectivity index (χ2n) is 5.14. The van der Waals surface area contributed by atoms with Gasteiger partial charge in [-0.1, -0.05) is 35.0 Å². The number of hydrogen-bond donors (Lipinski definition) is 1. The molecule has 0 atom stereocenters. The second kappa shape index (κ2) is 5.00. The van der Waals surface area contributed by atoms with E-state index < -0.39 is 0 Å². The van der Waals surface area contributed by atoms with Crippen LogP contribution in [0.2, 0.25) is 0 Å². The van der Waals surface area contributed by atoms with Crippen LogP contribution < -0.4 is 5.73 Å². The van der Waals surface area contributed by atoms with Crippen molar-refractivity contribution < 1.29 is 0 Å². The third-order valence-electron chi connectivity index (χ3n) is 3.52. The van der Waals surface area contributed by atoms with E-state index >= 15 is 0 Å². The van der Waals surface area contributed by atoms with Gasteiger partial charge < -0.3 is 10.3 Å². The molecule has 1 fully saturated rings. The summed E-state index contributed by atoms with van der Waals surface area (Å²) in [5.41, 5.74) is 8.34. The van der Waals surface area contributed by atoms with Crippen LogP contribution in [0.4, 0.5) is 5.82 Å². The van der Waals surface area contributed by atoms with Crippen molar-refractivity contribution in [3.05, 3.63) is 34.6 Å². The Bertz CT molecular complexity index is 599. The number of nitrogens with zero attached hydrogens (tertiary/aromatic N) is 2. The third kappa shape index (κ3) is 2.41. The van der Waals surface area contributed by atoms with Gasteiger partial charge in [0, 0.05) is 22.5 Å². The van der Waals surface area contributed by atoms with Crippen LogP contribution in [0.1, 0.15) is 37.9 Å². The molecule has 4 heteroatoms. The fourth-order valence-corrected chi connectivity index (χ4v) is 2.84. The van der Waals surface area contributed by atoms with Gasteiger partial charge in [-0.2, -0.15) is 0 Å². The molecule has 0 spiro atoms. The third-order valence-corrected chi connectivity index (χ3v) is 4.02. The summed E-state index contributed by atoms with van der Waals surface area (Å²) >= 11 is 3.51. The fourth-order valence-electron chi connectivity index (χ4n) is 2.44. The van der Waals surface area contributed by atoms with Gasteiger partial charge in [-0.05, 0) is 31.4 Å². The van der Waals surface area contributed by atoms with E-state index in [1.54, 1.807) is 0 Å². The van der Waals surface area contributed by atoms with E-state index in [2.05, 4.69) is 39.6 Å². The Morgan fingerprint density at radius 3 is 2.84 bits per heavy atom. The highest BCUT2D eigenvalue weighted by Crippen LogP contribution is 2.42. The van der Waals surface area contributed by atoms with Gasteiger partial charge in [0.15, 0.2) is 0 Å². The first-order valence-electron chi connectivity index (χ1n) is 6.82. The van der Waals surface area contributed by atoms with E-state index in [1.807, 2.05) is 12.1 Å². The normalized spacial score (nSPS) is 14.8. The monoisotopic (exact) mass is 319 g/mol. The lowest BCUT2D eigenvalue weighted by Gasteiger charge is -2.07. The lowest BCUT2D eigenvalue weighted by atomic mass is 10.1. The highest BCUT2D eigenvalue weighted by Gasteiger charge is 2.30. The fraction of sp³-hybridized carbons (Fsp3) is 0.400. The summed E-state index contributed by atoms with van der Waals surface area (Å²) in [5, 5.41) is 0. The van der Waals surface area contributed by atoms with Gasteiger partial charge in [0.2, 0.25) is 0 Å². The summed E-state index contributed by atoms with van der Waals surface area (Å²) in [6.07, 6.45) is 3.58. The number of aromatic nitrogens is 2.